The van der Waals surface area contributed by atoms with Gasteiger partial charge in [-0.25, -0.2) is 4.79 Å². The lowest BCUT2D eigenvalue weighted by molar-refractivity contribution is 0.0597. The minimum atomic E-state index is -0.555. The summed E-state index contributed by atoms with van der Waals surface area (Å²) >= 11 is 12.0. The summed E-state index contributed by atoms with van der Waals surface area (Å²) < 4.78 is 10.3. The van der Waals surface area contributed by atoms with Crippen molar-refractivity contribution in [3.8, 4) is 5.75 Å². The summed E-state index contributed by atoms with van der Waals surface area (Å²) in [5.41, 5.74) is 6.98. The molecule has 2 aromatic rings. The molecule has 0 saturated carbocycles. The van der Waals surface area contributed by atoms with Crippen molar-refractivity contribution in [2.24, 2.45) is 0 Å². The van der Waals surface area contributed by atoms with Crippen LogP contribution in [0, 0.1) is 0 Å². The molecule has 0 unspecified atom stereocenters. The lowest BCUT2D eigenvalue weighted by Gasteiger charge is -2.13. The quantitative estimate of drug-likeness (QED) is 0.683. The number of methoxy groups -OCH3 is 1. The Morgan fingerprint density at radius 3 is 2.71 bits per heavy atom. The van der Waals surface area contributed by atoms with Gasteiger partial charge in [-0.1, -0.05) is 29.3 Å². The minimum Gasteiger partial charge on any atom is -0.488 e. The van der Waals surface area contributed by atoms with Gasteiger partial charge < -0.3 is 15.2 Å². The van der Waals surface area contributed by atoms with Crippen LogP contribution in [0.15, 0.2) is 36.4 Å². The van der Waals surface area contributed by atoms with Crippen LogP contribution >= 0.6 is 23.2 Å². The molecule has 0 radical (unpaired) electrons. The number of anilines is 1. The standard InChI is InChI=1S/C15H13Cl2NO3/c1-20-15(19)14-12(18)3-2-4-13(14)21-8-9-7-10(16)5-6-11(9)17/h2-7H,8,18H2,1H3. The summed E-state index contributed by atoms with van der Waals surface area (Å²) in [6, 6.07) is 10.0. The lowest BCUT2D eigenvalue weighted by Crippen LogP contribution is -2.09. The van der Waals surface area contributed by atoms with Crippen molar-refractivity contribution >= 4 is 34.9 Å². The molecule has 0 heterocycles. The summed E-state index contributed by atoms with van der Waals surface area (Å²) in [5.74, 6) is -0.224. The normalized spacial score (nSPS) is 10.2. The number of benzene rings is 2. The molecule has 0 bridgehead atoms. The number of nitrogen functional groups attached to an aromatic ring is 1. The highest BCUT2D eigenvalue weighted by atomic mass is 35.5. The predicted octanol–water partition coefficient (Wildman–Crippen LogP) is 3.94. The highest BCUT2D eigenvalue weighted by Crippen LogP contribution is 2.27. The van der Waals surface area contributed by atoms with E-state index in [1.54, 1.807) is 36.4 Å². The van der Waals surface area contributed by atoms with E-state index >= 15 is 0 Å². The third-order valence-electron chi connectivity index (χ3n) is 2.84. The van der Waals surface area contributed by atoms with Gasteiger partial charge in [0.05, 0.1) is 7.11 Å². The Balaban J connectivity index is 2.26. The first kappa shape index (κ1) is 15.5. The highest BCUT2D eigenvalue weighted by molar-refractivity contribution is 6.33. The van der Waals surface area contributed by atoms with E-state index in [0.717, 1.165) is 0 Å². The smallest absolute Gasteiger partial charge is 0.343 e. The summed E-state index contributed by atoms with van der Waals surface area (Å²) in [4.78, 5) is 11.8. The molecule has 0 spiro atoms. The zero-order chi connectivity index (χ0) is 15.4. The Hall–Kier alpha value is -1.91. The molecule has 0 atom stereocenters. The van der Waals surface area contributed by atoms with Crippen LogP contribution in [0.4, 0.5) is 5.69 Å². The first-order chi connectivity index (χ1) is 10.0. The van der Waals surface area contributed by atoms with Gasteiger partial charge in [-0.3, -0.25) is 0 Å². The summed E-state index contributed by atoms with van der Waals surface area (Å²) in [7, 11) is 1.28. The molecule has 2 rings (SSSR count). The first-order valence-electron chi connectivity index (χ1n) is 6.06. The first-order valence-corrected chi connectivity index (χ1v) is 6.82. The Kier molecular flexibility index (Phi) is 4.94. The fourth-order valence-corrected chi connectivity index (χ4v) is 2.17. The van der Waals surface area contributed by atoms with Gasteiger partial charge in [-0.2, -0.15) is 0 Å². The van der Waals surface area contributed by atoms with Crippen LogP contribution in [0.2, 0.25) is 10.0 Å². The van der Waals surface area contributed by atoms with Crippen molar-refractivity contribution in [3.63, 3.8) is 0 Å². The largest absolute Gasteiger partial charge is 0.488 e. The number of halogens is 2. The summed E-state index contributed by atoms with van der Waals surface area (Å²) in [6.45, 7) is 0.160. The van der Waals surface area contributed by atoms with E-state index < -0.39 is 5.97 Å². The molecule has 21 heavy (non-hydrogen) atoms. The van der Waals surface area contributed by atoms with Gasteiger partial charge in [-0.05, 0) is 30.3 Å². The monoisotopic (exact) mass is 325 g/mol. The van der Waals surface area contributed by atoms with Crippen molar-refractivity contribution in [1.82, 2.24) is 0 Å². The van der Waals surface area contributed by atoms with Crippen molar-refractivity contribution in [2.75, 3.05) is 12.8 Å². The van der Waals surface area contributed by atoms with E-state index in [1.807, 2.05) is 0 Å². The summed E-state index contributed by atoms with van der Waals surface area (Å²) in [6.07, 6.45) is 0. The topological polar surface area (TPSA) is 61.5 Å². The minimum absolute atomic E-state index is 0.160. The van der Waals surface area contributed by atoms with Gasteiger partial charge in [0.2, 0.25) is 0 Å². The number of nitrogens with two attached hydrogens (primary N) is 1. The van der Waals surface area contributed by atoms with Crippen LogP contribution < -0.4 is 10.5 Å². The number of carbonyl (C=O) groups is 1. The molecule has 0 aromatic heterocycles. The molecule has 0 fully saturated rings. The Labute approximate surface area is 132 Å². The van der Waals surface area contributed by atoms with Crippen molar-refractivity contribution in [1.29, 1.82) is 0 Å². The van der Waals surface area contributed by atoms with Crippen LogP contribution in [0.5, 0.6) is 5.75 Å². The second-order valence-electron chi connectivity index (χ2n) is 4.24. The van der Waals surface area contributed by atoms with Gasteiger partial charge >= 0.3 is 5.97 Å². The van der Waals surface area contributed by atoms with E-state index in [2.05, 4.69) is 0 Å². The third kappa shape index (κ3) is 3.60. The van der Waals surface area contributed by atoms with E-state index in [0.29, 0.717) is 21.4 Å². The second kappa shape index (κ2) is 6.70. The molecular weight excluding hydrogens is 313 g/mol. The maximum absolute atomic E-state index is 11.8. The highest BCUT2D eigenvalue weighted by Gasteiger charge is 2.17. The Morgan fingerprint density at radius 1 is 1.24 bits per heavy atom. The number of rotatable bonds is 4. The van der Waals surface area contributed by atoms with Gasteiger partial charge in [0.1, 0.15) is 17.9 Å². The zero-order valence-corrected chi connectivity index (χ0v) is 12.7. The van der Waals surface area contributed by atoms with Crippen LogP contribution in [0.1, 0.15) is 15.9 Å². The van der Waals surface area contributed by atoms with Gasteiger partial charge in [0.15, 0.2) is 0 Å². The lowest BCUT2D eigenvalue weighted by atomic mass is 10.1. The molecule has 0 amide bonds. The maximum Gasteiger partial charge on any atom is 0.343 e. The van der Waals surface area contributed by atoms with E-state index in [9.17, 15) is 4.79 Å². The van der Waals surface area contributed by atoms with Crippen molar-refractivity contribution in [2.45, 2.75) is 6.61 Å². The average Bonchev–Trinajstić information content (AvgIpc) is 2.47. The fraction of sp³-hybridized carbons (Fsp3) is 0.133. The molecule has 2 aromatic carbocycles. The Morgan fingerprint density at radius 2 is 2.00 bits per heavy atom. The van der Waals surface area contributed by atoms with Crippen LogP contribution in [-0.2, 0) is 11.3 Å². The number of hydrogen-bond acceptors (Lipinski definition) is 4. The molecule has 2 N–H and O–H groups in total. The van der Waals surface area contributed by atoms with Crippen LogP contribution in [0.3, 0.4) is 0 Å². The van der Waals surface area contributed by atoms with Crippen molar-refractivity contribution < 1.29 is 14.3 Å². The van der Waals surface area contributed by atoms with Gasteiger partial charge in [0, 0.05) is 21.3 Å². The molecule has 110 valence electrons. The van der Waals surface area contributed by atoms with E-state index in [1.165, 1.54) is 7.11 Å². The van der Waals surface area contributed by atoms with Gasteiger partial charge in [0.25, 0.3) is 0 Å². The molecular formula is C15H13Cl2NO3. The fourth-order valence-electron chi connectivity index (χ4n) is 1.80. The van der Waals surface area contributed by atoms with Gasteiger partial charge in [-0.15, -0.1) is 0 Å². The molecule has 6 heteroatoms. The number of ether oxygens (including phenoxy) is 2. The maximum atomic E-state index is 11.8. The molecule has 0 aliphatic rings. The molecule has 0 aliphatic heterocycles. The van der Waals surface area contributed by atoms with Crippen LogP contribution in [-0.4, -0.2) is 13.1 Å². The van der Waals surface area contributed by atoms with Crippen LogP contribution in [0.25, 0.3) is 0 Å². The Bertz CT molecular complexity index is 674. The summed E-state index contributed by atoms with van der Waals surface area (Å²) in [5, 5.41) is 1.08. The average molecular weight is 326 g/mol. The SMILES string of the molecule is COC(=O)c1c(N)cccc1OCc1cc(Cl)ccc1Cl. The van der Waals surface area contributed by atoms with E-state index in [4.69, 9.17) is 38.4 Å². The number of carbonyl (C=O) groups excluding carboxylic acids is 1. The third-order valence-corrected chi connectivity index (χ3v) is 3.44. The van der Waals surface area contributed by atoms with Crippen molar-refractivity contribution in [3.05, 3.63) is 57.6 Å². The molecule has 0 aliphatic carbocycles. The molecule has 4 nitrogen and oxygen atoms in total. The van der Waals surface area contributed by atoms with E-state index in [-0.39, 0.29) is 17.9 Å². The predicted molar refractivity (Wildman–Crippen MR) is 83.0 cm³/mol. The second-order valence-corrected chi connectivity index (χ2v) is 5.08. The number of hydrogen-bond donors (Lipinski definition) is 1. The zero-order valence-electron chi connectivity index (χ0n) is 11.2. The number of esters is 1. The molecule has 0 saturated heterocycles.